The van der Waals surface area contributed by atoms with E-state index in [1.165, 1.54) is 43.8 Å². The van der Waals surface area contributed by atoms with Gasteiger partial charge in [-0.05, 0) is 55.8 Å². The Kier molecular flexibility index (Phi) is 10.00. The van der Waals surface area contributed by atoms with Crippen LogP contribution in [-0.4, -0.2) is 60.5 Å². The van der Waals surface area contributed by atoms with Crippen LogP contribution in [0.15, 0.2) is 65.8 Å². The van der Waals surface area contributed by atoms with Gasteiger partial charge in [-0.2, -0.15) is 0 Å². The summed E-state index contributed by atoms with van der Waals surface area (Å²) in [4.78, 5) is 20.9. The number of hydrogen-bond acceptors (Lipinski definition) is 7. The van der Waals surface area contributed by atoms with Gasteiger partial charge in [0.1, 0.15) is 5.82 Å². The minimum atomic E-state index is -3.43. The number of carboxylic acids is 1. The van der Waals surface area contributed by atoms with Gasteiger partial charge in [0.15, 0.2) is 5.82 Å². The number of piperidine rings is 1. The zero-order valence-electron chi connectivity index (χ0n) is 19.8. The predicted molar refractivity (Wildman–Crippen MR) is 134 cm³/mol. The molecular formula is C25H30FN5O4S. The van der Waals surface area contributed by atoms with E-state index in [9.17, 15) is 17.6 Å². The highest BCUT2D eigenvalue weighted by molar-refractivity contribution is 7.89. The number of benzene rings is 2. The molecule has 1 aliphatic heterocycles. The predicted octanol–water partition coefficient (Wildman–Crippen LogP) is 2.89. The highest BCUT2D eigenvalue weighted by atomic mass is 32.2. The van der Waals surface area contributed by atoms with Gasteiger partial charge in [-0.3, -0.25) is 0 Å². The zero-order valence-corrected chi connectivity index (χ0v) is 20.6. The third kappa shape index (κ3) is 8.16. The first kappa shape index (κ1) is 27.3. The molecule has 0 radical (unpaired) electrons. The van der Waals surface area contributed by atoms with Crippen molar-refractivity contribution in [1.29, 1.82) is 0 Å². The molecule has 192 valence electrons. The van der Waals surface area contributed by atoms with Crippen molar-refractivity contribution in [2.75, 3.05) is 26.2 Å². The monoisotopic (exact) mass is 515 g/mol. The number of nitrogens with two attached hydrogens (primary N) is 1. The van der Waals surface area contributed by atoms with E-state index < -0.39 is 16.0 Å². The van der Waals surface area contributed by atoms with E-state index in [1.54, 1.807) is 30.3 Å². The van der Waals surface area contributed by atoms with Crippen LogP contribution >= 0.6 is 0 Å². The van der Waals surface area contributed by atoms with Crippen LogP contribution in [0.4, 0.5) is 4.39 Å². The molecule has 9 nitrogen and oxygen atoms in total. The molecule has 0 aliphatic carbocycles. The van der Waals surface area contributed by atoms with Crippen molar-refractivity contribution in [2.45, 2.75) is 30.7 Å². The maximum atomic E-state index is 12.9. The molecule has 36 heavy (non-hydrogen) atoms. The first-order chi connectivity index (χ1) is 17.3. The minimum absolute atomic E-state index is 0.000142. The standard InChI is InChI=1S/C14H23N3O2S.C11H7FN2O2/c15-12-13-5-4-6-14(11-13)20(18,19)16-7-10-17-8-2-1-3-9-17;12-9-3-1-2-7(4-9)10-13-5-8(6-14-10)11(15)16/h4-6,11,16H,1-3,7-10,12,15H2;1-6H,(H,15,16). The van der Waals surface area contributed by atoms with Crippen LogP contribution in [0.25, 0.3) is 11.4 Å². The average molecular weight is 516 g/mol. The van der Waals surface area contributed by atoms with E-state index in [-0.39, 0.29) is 11.4 Å². The fourth-order valence-corrected chi connectivity index (χ4v) is 4.75. The third-order valence-corrected chi connectivity index (χ3v) is 7.05. The van der Waals surface area contributed by atoms with Crippen LogP contribution in [0.2, 0.25) is 0 Å². The van der Waals surface area contributed by atoms with Crippen molar-refractivity contribution in [3.05, 3.63) is 77.9 Å². The summed E-state index contributed by atoms with van der Waals surface area (Å²) in [6.45, 7) is 3.72. The Morgan fingerprint density at radius 2 is 1.75 bits per heavy atom. The van der Waals surface area contributed by atoms with E-state index in [1.807, 2.05) is 6.07 Å². The molecule has 3 aromatic rings. The normalized spacial score (nSPS) is 14.1. The Morgan fingerprint density at radius 1 is 1.06 bits per heavy atom. The first-order valence-electron chi connectivity index (χ1n) is 11.6. The van der Waals surface area contributed by atoms with Gasteiger partial charge < -0.3 is 15.7 Å². The minimum Gasteiger partial charge on any atom is -0.478 e. The van der Waals surface area contributed by atoms with Crippen molar-refractivity contribution in [1.82, 2.24) is 19.6 Å². The van der Waals surface area contributed by atoms with Crippen molar-refractivity contribution in [2.24, 2.45) is 5.73 Å². The van der Waals surface area contributed by atoms with E-state index in [0.717, 1.165) is 25.2 Å². The average Bonchev–Trinajstić information content (AvgIpc) is 2.90. The lowest BCUT2D eigenvalue weighted by atomic mass is 10.1. The van der Waals surface area contributed by atoms with E-state index in [2.05, 4.69) is 19.6 Å². The van der Waals surface area contributed by atoms with E-state index in [0.29, 0.717) is 29.4 Å². The summed E-state index contributed by atoms with van der Waals surface area (Å²) in [6.07, 6.45) is 6.09. The van der Waals surface area contributed by atoms with Gasteiger partial charge in [-0.15, -0.1) is 0 Å². The molecule has 0 atom stereocenters. The molecule has 2 heterocycles. The number of nitrogens with one attached hydrogen (secondary N) is 1. The summed E-state index contributed by atoms with van der Waals surface area (Å²) >= 11 is 0. The van der Waals surface area contributed by atoms with Gasteiger partial charge >= 0.3 is 5.97 Å². The van der Waals surface area contributed by atoms with Gasteiger partial charge in [-0.25, -0.2) is 32.3 Å². The van der Waals surface area contributed by atoms with Crippen LogP contribution in [0.5, 0.6) is 0 Å². The summed E-state index contributed by atoms with van der Waals surface area (Å²) in [6, 6.07) is 12.6. The topological polar surface area (TPSA) is 139 Å². The number of carbonyl (C=O) groups is 1. The number of hydrogen-bond donors (Lipinski definition) is 3. The summed E-state index contributed by atoms with van der Waals surface area (Å²) < 4.78 is 39.9. The molecule has 1 saturated heterocycles. The number of carboxylic acid groups (broad SMARTS) is 1. The molecule has 0 amide bonds. The van der Waals surface area contributed by atoms with Crippen LogP contribution < -0.4 is 10.5 Å². The summed E-state index contributed by atoms with van der Waals surface area (Å²) in [5.74, 6) is -1.18. The molecule has 0 saturated carbocycles. The number of nitrogens with zero attached hydrogens (tertiary/aromatic N) is 3. The van der Waals surface area contributed by atoms with E-state index in [4.69, 9.17) is 10.8 Å². The largest absolute Gasteiger partial charge is 0.478 e. The van der Waals surface area contributed by atoms with Crippen LogP contribution in [0, 0.1) is 5.82 Å². The van der Waals surface area contributed by atoms with E-state index >= 15 is 0 Å². The molecular weight excluding hydrogens is 485 g/mol. The van der Waals surface area contributed by atoms with Crippen LogP contribution in [-0.2, 0) is 16.6 Å². The lowest BCUT2D eigenvalue weighted by Crippen LogP contribution is -2.37. The zero-order chi connectivity index (χ0) is 26.0. The Morgan fingerprint density at radius 3 is 2.39 bits per heavy atom. The van der Waals surface area contributed by atoms with Crippen LogP contribution in [0.1, 0.15) is 35.2 Å². The second-order valence-electron chi connectivity index (χ2n) is 8.26. The number of aromatic nitrogens is 2. The fourth-order valence-electron chi connectivity index (χ4n) is 3.66. The second-order valence-corrected chi connectivity index (χ2v) is 10.0. The van der Waals surface area contributed by atoms with Crippen molar-refractivity contribution >= 4 is 16.0 Å². The summed E-state index contributed by atoms with van der Waals surface area (Å²) in [5, 5.41) is 8.65. The number of likely N-dealkylation sites (tertiary alicyclic amines) is 1. The quantitative estimate of drug-likeness (QED) is 0.416. The summed E-state index contributed by atoms with van der Waals surface area (Å²) in [7, 11) is -3.43. The molecule has 0 bridgehead atoms. The van der Waals surface area contributed by atoms with Gasteiger partial charge in [0.25, 0.3) is 0 Å². The smallest absolute Gasteiger partial charge is 0.338 e. The lowest BCUT2D eigenvalue weighted by Gasteiger charge is -2.26. The number of rotatable bonds is 8. The fraction of sp³-hybridized carbons (Fsp3) is 0.320. The SMILES string of the molecule is NCc1cccc(S(=O)(=O)NCCN2CCCCC2)c1.O=C(O)c1cnc(-c2cccc(F)c2)nc1. The number of halogens is 1. The molecule has 1 fully saturated rings. The molecule has 11 heteroatoms. The number of aromatic carboxylic acids is 1. The van der Waals surface area contributed by atoms with Crippen molar-refractivity contribution < 1.29 is 22.7 Å². The first-order valence-corrected chi connectivity index (χ1v) is 13.1. The molecule has 0 spiro atoms. The molecule has 1 aromatic heterocycles. The lowest BCUT2D eigenvalue weighted by molar-refractivity contribution is 0.0696. The van der Waals surface area contributed by atoms with Gasteiger partial charge in [0, 0.05) is 37.6 Å². The van der Waals surface area contributed by atoms with Crippen LogP contribution in [0.3, 0.4) is 0 Å². The highest BCUT2D eigenvalue weighted by Gasteiger charge is 2.15. The van der Waals surface area contributed by atoms with Crippen molar-refractivity contribution in [3.63, 3.8) is 0 Å². The summed E-state index contributed by atoms with van der Waals surface area (Å²) in [5.41, 5.74) is 6.87. The highest BCUT2D eigenvalue weighted by Crippen LogP contribution is 2.15. The maximum absolute atomic E-state index is 12.9. The molecule has 4 N–H and O–H groups in total. The third-order valence-electron chi connectivity index (χ3n) is 5.59. The van der Waals surface area contributed by atoms with Crippen molar-refractivity contribution in [3.8, 4) is 11.4 Å². The second kappa shape index (κ2) is 13.2. The Bertz CT molecular complexity index is 1250. The molecule has 0 unspecified atom stereocenters. The Balaban J connectivity index is 0.000000205. The molecule has 4 rings (SSSR count). The molecule has 2 aromatic carbocycles. The Labute approximate surface area is 210 Å². The van der Waals surface area contributed by atoms with Gasteiger partial charge in [-0.1, -0.05) is 30.7 Å². The number of sulfonamides is 1. The van der Waals surface area contributed by atoms with Gasteiger partial charge in [0.05, 0.1) is 10.5 Å². The Hall–Kier alpha value is -3.25. The maximum Gasteiger partial charge on any atom is 0.338 e. The van der Waals surface area contributed by atoms with Gasteiger partial charge in [0.2, 0.25) is 10.0 Å². The molecule has 1 aliphatic rings.